The molecule has 0 saturated heterocycles. The second-order valence-electron chi connectivity index (χ2n) is 3.85. The third kappa shape index (κ3) is 6.28. The number of hydrogen-bond acceptors (Lipinski definition) is 2. The van der Waals surface area contributed by atoms with E-state index in [1.165, 1.54) is 0 Å². The molecule has 0 spiro atoms. The summed E-state index contributed by atoms with van der Waals surface area (Å²) in [6, 6.07) is -0.120. The SMILES string of the molecule is C=CCNC(=O)C(C)NCC(CC)CC. The van der Waals surface area contributed by atoms with Crippen molar-refractivity contribution in [2.24, 2.45) is 5.92 Å². The van der Waals surface area contributed by atoms with Crippen molar-refractivity contribution >= 4 is 5.91 Å². The van der Waals surface area contributed by atoms with Crippen molar-refractivity contribution in [2.75, 3.05) is 13.1 Å². The highest BCUT2D eigenvalue weighted by molar-refractivity contribution is 5.81. The Hall–Kier alpha value is -0.830. The first-order chi connectivity index (χ1) is 7.15. The molecule has 2 N–H and O–H groups in total. The molecule has 0 aliphatic carbocycles. The van der Waals surface area contributed by atoms with E-state index in [1.807, 2.05) is 6.92 Å². The molecule has 0 aromatic heterocycles. The summed E-state index contributed by atoms with van der Waals surface area (Å²) in [5.41, 5.74) is 0. The Morgan fingerprint density at radius 2 is 2.00 bits per heavy atom. The highest BCUT2D eigenvalue weighted by Gasteiger charge is 2.12. The van der Waals surface area contributed by atoms with Crippen molar-refractivity contribution in [1.29, 1.82) is 0 Å². The Kier molecular flexibility index (Phi) is 8.01. The molecule has 1 amide bonds. The Labute approximate surface area is 93.3 Å². The minimum atomic E-state index is -0.120. The van der Waals surface area contributed by atoms with E-state index in [9.17, 15) is 4.79 Å². The van der Waals surface area contributed by atoms with Crippen LogP contribution < -0.4 is 10.6 Å². The summed E-state index contributed by atoms with van der Waals surface area (Å²) >= 11 is 0. The Morgan fingerprint density at radius 1 is 1.40 bits per heavy atom. The van der Waals surface area contributed by atoms with Crippen LogP contribution in [0.25, 0.3) is 0 Å². The molecule has 0 aromatic rings. The monoisotopic (exact) mass is 212 g/mol. The standard InChI is InChI=1S/C12H24N2O/c1-5-8-13-12(15)10(4)14-9-11(6-2)7-3/h5,10-11,14H,1,6-9H2,2-4H3,(H,13,15). The highest BCUT2D eigenvalue weighted by atomic mass is 16.2. The quantitative estimate of drug-likeness (QED) is 0.601. The van der Waals surface area contributed by atoms with E-state index in [4.69, 9.17) is 0 Å². The van der Waals surface area contributed by atoms with Gasteiger partial charge in [-0.15, -0.1) is 6.58 Å². The fraction of sp³-hybridized carbons (Fsp3) is 0.750. The summed E-state index contributed by atoms with van der Waals surface area (Å²) in [5.74, 6) is 0.709. The van der Waals surface area contributed by atoms with Crippen molar-refractivity contribution in [3.05, 3.63) is 12.7 Å². The minimum Gasteiger partial charge on any atom is -0.351 e. The number of carbonyl (C=O) groups excluding carboxylic acids is 1. The number of hydrogen-bond donors (Lipinski definition) is 2. The van der Waals surface area contributed by atoms with Gasteiger partial charge in [-0.05, 0) is 19.4 Å². The first kappa shape index (κ1) is 14.2. The smallest absolute Gasteiger partial charge is 0.237 e. The van der Waals surface area contributed by atoms with E-state index in [2.05, 4.69) is 31.1 Å². The molecule has 1 unspecified atom stereocenters. The predicted molar refractivity (Wildman–Crippen MR) is 64.7 cm³/mol. The van der Waals surface area contributed by atoms with Crippen LogP contribution in [0.2, 0.25) is 0 Å². The van der Waals surface area contributed by atoms with Gasteiger partial charge in [-0.25, -0.2) is 0 Å². The molecule has 0 aliphatic rings. The summed E-state index contributed by atoms with van der Waals surface area (Å²) in [6.45, 7) is 11.3. The van der Waals surface area contributed by atoms with Crippen LogP contribution in [0.4, 0.5) is 0 Å². The lowest BCUT2D eigenvalue weighted by atomic mass is 10.0. The third-order valence-corrected chi connectivity index (χ3v) is 2.68. The van der Waals surface area contributed by atoms with Gasteiger partial charge in [-0.1, -0.05) is 32.8 Å². The zero-order chi connectivity index (χ0) is 11.7. The zero-order valence-corrected chi connectivity index (χ0v) is 10.2. The lowest BCUT2D eigenvalue weighted by molar-refractivity contribution is -0.122. The van der Waals surface area contributed by atoms with Crippen molar-refractivity contribution in [3.8, 4) is 0 Å². The van der Waals surface area contributed by atoms with E-state index in [0.717, 1.165) is 19.4 Å². The molecule has 0 saturated carbocycles. The van der Waals surface area contributed by atoms with Crippen molar-refractivity contribution in [2.45, 2.75) is 39.7 Å². The fourth-order valence-corrected chi connectivity index (χ4v) is 1.34. The molecule has 1 atom stereocenters. The summed E-state index contributed by atoms with van der Waals surface area (Å²) in [4.78, 5) is 11.5. The molecule has 0 rings (SSSR count). The summed E-state index contributed by atoms with van der Waals surface area (Å²) in [5, 5.41) is 6.02. The zero-order valence-electron chi connectivity index (χ0n) is 10.2. The van der Waals surface area contributed by atoms with Crippen LogP contribution in [-0.4, -0.2) is 25.0 Å². The topological polar surface area (TPSA) is 41.1 Å². The first-order valence-electron chi connectivity index (χ1n) is 5.77. The Bertz CT molecular complexity index is 188. The van der Waals surface area contributed by atoms with Gasteiger partial charge in [0.25, 0.3) is 0 Å². The minimum absolute atomic E-state index is 0.0425. The van der Waals surface area contributed by atoms with Crippen LogP contribution in [0.15, 0.2) is 12.7 Å². The lowest BCUT2D eigenvalue weighted by Gasteiger charge is -2.17. The van der Waals surface area contributed by atoms with Gasteiger partial charge in [0.1, 0.15) is 0 Å². The number of nitrogens with one attached hydrogen (secondary N) is 2. The van der Waals surface area contributed by atoms with Crippen LogP contribution in [0, 0.1) is 5.92 Å². The molecular formula is C12H24N2O. The van der Waals surface area contributed by atoms with Gasteiger partial charge in [-0.3, -0.25) is 4.79 Å². The molecule has 0 aromatic carbocycles. The van der Waals surface area contributed by atoms with Gasteiger partial charge >= 0.3 is 0 Å². The molecule has 0 heterocycles. The normalized spacial score (nSPS) is 12.5. The average molecular weight is 212 g/mol. The largest absolute Gasteiger partial charge is 0.351 e. The van der Waals surface area contributed by atoms with Crippen LogP contribution in [0.5, 0.6) is 0 Å². The molecule has 0 bridgehead atoms. The summed E-state index contributed by atoms with van der Waals surface area (Å²) in [6.07, 6.45) is 4.00. The predicted octanol–water partition coefficient (Wildman–Crippen LogP) is 1.70. The van der Waals surface area contributed by atoms with Crippen LogP contribution >= 0.6 is 0 Å². The summed E-state index contributed by atoms with van der Waals surface area (Å²) < 4.78 is 0. The molecule has 15 heavy (non-hydrogen) atoms. The van der Waals surface area contributed by atoms with E-state index in [1.54, 1.807) is 6.08 Å². The second-order valence-corrected chi connectivity index (χ2v) is 3.85. The lowest BCUT2D eigenvalue weighted by Crippen LogP contribution is -2.43. The molecule has 3 nitrogen and oxygen atoms in total. The van der Waals surface area contributed by atoms with E-state index in [0.29, 0.717) is 12.5 Å². The second kappa shape index (κ2) is 8.48. The molecular weight excluding hydrogens is 188 g/mol. The van der Waals surface area contributed by atoms with Crippen molar-refractivity contribution in [1.82, 2.24) is 10.6 Å². The van der Waals surface area contributed by atoms with E-state index < -0.39 is 0 Å². The maximum absolute atomic E-state index is 11.5. The first-order valence-corrected chi connectivity index (χ1v) is 5.77. The molecule has 0 radical (unpaired) electrons. The van der Waals surface area contributed by atoms with Gasteiger partial charge in [0.2, 0.25) is 5.91 Å². The van der Waals surface area contributed by atoms with Gasteiger partial charge in [0.05, 0.1) is 6.04 Å². The van der Waals surface area contributed by atoms with Gasteiger partial charge < -0.3 is 10.6 Å². The Balaban J connectivity index is 3.75. The van der Waals surface area contributed by atoms with Gasteiger partial charge in [0, 0.05) is 6.54 Å². The van der Waals surface area contributed by atoms with Gasteiger partial charge in [0.15, 0.2) is 0 Å². The molecule has 3 heteroatoms. The van der Waals surface area contributed by atoms with Crippen LogP contribution in [0.3, 0.4) is 0 Å². The molecule has 0 fully saturated rings. The molecule has 0 aliphatic heterocycles. The Morgan fingerprint density at radius 3 is 2.47 bits per heavy atom. The number of amides is 1. The van der Waals surface area contributed by atoms with Crippen LogP contribution in [-0.2, 0) is 4.79 Å². The third-order valence-electron chi connectivity index (χ3n) is 2.68. The number of rotatable bonds is 8. The van der Waals surface area contributed by atoms with Gasteiger partial charge in [-0.2, -0.15) is 0 Å². The maximum atomic E-state index is 11.5. The highest BCUT2D eigenvalue weighted by Crippen LogP contribution is 2.05. The van der Waals surface area contributed by atoms with Crippen molar-refractivity contribution in [3.63, 3.8) is 0 Å². The van der Waals surface area contributed by atoms with Crippen molar-refractivity contribution < 1.29 is 4.79 Å². The van der Waals surface area contributed by atoms with Crippen LogP contribution in [0.1, 0.15) is 33.6 Å². The number of carbonyl (C=O) groups is 1. The van der Waals surface area contributed by atoms with E-state index >= 15 is 0 Å². The maximum Gasteiger partial charge on any atom is 0.237 e. The van der Waals surface area contributed by atoms with E-state index in [-0.39, 0.29) is 11.9 Å². The average Bonchev–Trinajstić information content (AvgIpc) is 2.26. The fourth-order valence-electron chi connectivity index (χ4n) is 1.34. The molecule has 88 valence electrons. The summed E-state index contributed by atoms with van der Waals surface area (Å²) in [7, 11) is 0.